The van der Waals surface area contributed by atoms with Gasteiger partial charge in [-0.15, -0.1) is 11.3 Å². The Bertz CT molecular complexity index is 1530. The molecule has 11 heteroatoms. The normalized spacial score (nSPS) is 13.6. The fraction of sp³-hybridized carbons (Fsp3) is 0.281. The lowest BCUT2D eigenvalue weighted by Gasteiger charge is -2.36. The van der Waals surface area contributed by atoms with Crippen molar-refractivity contribution >= 4 is 40.6 Å². The number of benzene rings is 2. The fourth-order valence-electron chi connectivity index (χ4n) is 4.76. The van der Waals surface area contributed by atoms with E-state index in [0.29, 0.717) is 24.2 Å². The fourth-order valence-corrected chi connectivity index (χ4v) is 5.47. The Hall–Kier alpha value is -4.22. The molecule has 0 radical (unpaired) electrons. The maximum absolute atomic E-state index is 13.8. The summed E-state index contributed by atoms with van der Waals surface area (Å²) < 4.78 is 41.3. The van der Waals surface area contributed by atoms with Crippen molar-refractivity contribution in [3.8, 4) is 10.4 Å². The maximum atomic E-state index is 13.8. The zero-order chi connectivity index (χ0) is 31.0. The summed E-state index contributed by atoms with van der Waals surface area (Å²) in [7, 11) is 1.75. The van der Waals surface area contributed by atoms with E-state index in [2.05, 4.69) is 20.5 Å². The molecule has 2 N–H and O–H groups in total. The Morgan fingerprint density at radius 2 is 1.81 bits per heavy atom. The van der Waals surface area contributed by atoms with E-state index < -0.39 is 17.6 Å². The molecule has 5 rings (SSSR count). The number of halogens is 3. The predicted octanol–water partition coefficient (Wildman–Crippen LogP) is 7.07. The summed E-state index contributed by atoms with van der Waals surface area (Å²) in [4.78, 5) is 32.2. The minimum Gasteiger partial charge on any atom is -0.388 e. The first kappa shape index (κ1) is 31.7. The van der Waals surface area contributed by atoms with Gasteiger partial charge in [-0.1, -0.05) is 19.1 Å². The first-order valence-corrected chi connectivity index (χ1v) is 14.7. The smallest absolute Gasteiger partial charge is 0.388 e. The van der Waals surface area contributed by atoms with E-state index in [-0.39, 0.29) is 11.4 Å². The van der Waals surface area contributed by atoms with E-state index in [1.807, 2.05) is 37.4 Å². The number of carbonyl (C=O) groups is 2. The van der Waals surface area contributed by atoms with E-state index in [0.717, 1.165) is 53.7 Å². The monoisotopic (exact) mass is 609 g/mol. The van der Waals surface area contributed by atoms with Gasteiger partial charge in [-0.2, -0.15) is 13.2 Å². The number of carbonyl (C=O) groups excluding carboxylic acids is 2. The zero-order valence-electron chi connectivity index (χ0n) is 24.2. The van der Waals surface area contributed by atoms with Crippen molar-refractivity contribution in [3.05, 3.63) is 94.6 Å². The number of aromatic nitrogens is 1. The lowest BCUT2D eigenvalue weighted by Crippen LogP contribution is -2.46. The van der Waals surface area contributed by atoms with Gasteiger partial charge in [0.2, 0.25) is 0 Å². The van der Waals surface area contributed by atoms with Gasteiger partial charge >= 0.3 is 6.18 Å². The molecule has 0 bridgehead atoms. The average molecular weight is 610 g/mol. The lowest BCUT2D eigenvalue weighted by atomic mass is 10.1. The third-order valence-corrected chi connectivity index (χ3v) is 8.11. The highest BCUT2D eigenvalue weighted by Gasteiger charge is 2.36. The van der Waals surface area contributed by atoms with Crippen molar-refractivity contribution in [2.75, 3.05) is 55.3 Å². The lowest BCUT2D eigenvalue weighted by molar-refractivity contribution is -0.137. The number of aryl methyl sites for hydroxylation is 1. The standard InChI is InChI=1S/C22H27F3N4O.C10H7NOS/c1-4-28-9-11-29(12-10-28)20-8-7-17(14-18(20)22(23,24)25)27-21(30)16-6-5-15(2)19(13-16)26-3;12-7-8-4-9(6-11-5-8)10-2-1-3-13-10/h5-8,13-14,26H,4,9-12H2,1-3H3,(H,27,30);1-7H. The largest absolute Gasteiger partial charge is 0.418 e. The highest BCUT2D eigenvalue weighted by molar-refractivity contribution is 7.13. The molecule has 1 saturated heterocycles. The number of nitrogens with one attached hydrogen (secondary N) is 2. The maximum Gasteiger partial charge on any atom is 0.418 e. The van der Waals surface area contributed by atoms with Gasteiger partial charge in [0.1, 0.15) is 0 Å². The third-order valence-electron chi connectivity index (χ3n) is 7.19. The highest BCUT2D eigenvalue weighted by Crippen LogP contribution is 2.39. The number of anilines is 3. The van der Waals surface area contributed by atoms with Crippen LogP contribution in [0.2, 0.25) is 0 Å². The van der Waals surface area contributed by atoms with Gasteiger partial charge in [-0.3, -0.25) is 14.6 Å². The van der Waals surface area contributed by atoms with Crippen LogP contribution in [-0.2, 0) is 6.18 Å². The summed E-state index contributed by atoms with van der Waals surface area (Å²) in [5, 5.41) is 7.59. The summed E-state index contributed by atoms with van der Waals surface area (Å²) in [6.45, 7) is 7.38. The average Bonchev–Trinajstić information content (AvgIpc) is 3.57. The molecular weight excluding hydrogens is 575 g/mol. The Labute approximate surface area is 253 Å². The molecular formula is C32H34F3N5O2S. The summed E-state index contributed by atoms with van der Waals surface area (Å²) in [5.74, 6) is -0.455. The number of thiophene rings is 1. The molecule has 1 amide bonds. The van der Waals surface area contributed by atoms with Crippen molar-refractivity contribution < 1.29 is 22.8 Å². The number of alkyl halides is 3. The van der Waals surface area contributed by atoms with Crippen molar-refractivity contribution in [1.82, 2.24) is 9.88 Å². The van der Waals surface area contributed by atoms with E-state index in [4.69, 9.17) is 0 Å². The highest BCUT2D eigenvalue weighted by atomic mass is 32.1. The molecule has 0 aliphatic carbocycles. The number of hydrogen-bond donors (Lipinski definition) is 2. The van der Waals surface area contributed by atoms with Crippen LogP contribution < -0.4 is 15.5 Å². The first-order valence-electron chi connectivity index (χ1n) is 13.8. The number of amides is 1. The molecule has 4 aromatic rings. The molecule has 3 heterocycles. The zero-order valence-corrected chi connectivity index (χ0v) is 25.1. The van der Waals surface area contributed by atoms with Crippen LogP contribution in [0, 0.1) is 6.92 Å². The van der Waals surface area contributed by atoms with Crippen LogP contribution in [0.15, 0.2) is 72.4 Å². The molecule has 7 nitrogen and oxygen atoms in total. The SMILES string of the molecule is CCN1CCN(c2ccc(NC(=O)c3ccc(C)c(NC)c3)cc2C(F)(F)F)CC1.O=Cc1cncc(-c2cccs2)c1. The van der Waals surface area contributed by atoms with E-state index in [9.17, 15) is 22.8 Å². The molecule has 1 aliphatic heterocycles. The van der Waals surface area contributed by atoms with Gasteiger partial charge < -0.3 is 20.4 Å². The molecule has 2 aromatic heterocycles. The van der Waals surface area contributed by atoms with Gasteiger partial charge in [0.25, 0.3) is 5.91 Å². The molecule has 1 aliphatic rings. The quantitative estimate of drug-likeness (QED) is 0.218. The van der Waals surface area contributed by atoms with Crippen LogP contribution in [0.1, 0.15) is 38.8 Å². The third kappa shape index (κ3) is 8.20. The van der Waals surface area contributed by atoms with E-state index in [1.165, 1.54) is 12.1 Å². The molecule has 1 fully saturated rings. The van der Waals surface area contributed by atoms with Crippen molar-refractivity contribution in [1.29, 1.82) is 0 Å². The number of pyridine rings is 1. The number of rotatable bonds is 7. The molecule has 226 valence electrons. The molecule has 0 spiro atoms. The summed E-state index contributed by atoms with van der Waals surface area (Å²) in [6.07, 6.45) is -0.381. The Kier molecular flexibility index (Phi) is 10.5. The Morgan fingerprint density at radius 3 is 2.44 bits per heavy atom. The number of piperazine rings is 1. The van der Waals surface area contributed by atoms with Crippen LogP contribution in [0.3, 0.4) is 0 Å². The molecule has 0 unspecified atom stereocenters. The Morgan fingerprint density at radius 1 is 1.05 bits per heavy atom. The van der Waals surface area contributed by atoms with Gasteiger partial charge in [0.15, 0.2) is 6.29 Å². The van der Waals surface area contributed by atoms with Gasteiger partial charge in [0.05, 0.1) is 5.56 Å². The second kappa shape index (κ2) is 14.3. The molecule has 0 atom stereocenters. The number of aldehydes is 1. The molecule has 43 heavy (non-hydrogen) atoms. The second-order valence-corrected chi connectivity index (χ2v) is 10.9. The molecule has 2 aromatic carbocycles. The minimum atomic E-state index is -4.51. The van der Waals surface area contributed by atoms with E-state index >= 15 is 0 Å². The van der Waals surface area contributed by atoms with Gasteiger partial charge in [-0.25, -0.2) is 0 Å². The van der Waals surface area contributed by atoms with Crippen LogP contribution in [0.5, 0.6) is 0 Å². The Balaban J connectivity index is 0.000000269. The van der Waals surface area contributed by atoms with Crippen LogP contribution in [-0.4, -0.2) is 61.8 Å². The minimum absolute atomic E-state index is 0.120. The van der Waals surface area contributed by atoms with Gasteiger partial charge in [0, 0.05) is 84.3 Å². The van der Waals surface area contributed by atoms with Crippen molar-refractivity contribution in [2.24, 2.45) is 0 Å². The molecule has 0 saturated carbocycles. The van der Waals surface area contributed by atoms with Crippen LogP contribution in [0.4, 0.5) is 30.2 Å². The van der Waals surface area contributed by atoms with Crippen molar-refractivity contribution in [2.45, 2.75) is 20.0 Å². The first-order chi connectivity index (χ1) is 20.6. The summed E-state index contributed by atoms with van der Waals surface area (Å²) in [5.41, 5.74) is 3.30. The van der Waals surface area contributed by atoms with Crippen LogP contribution >= 0.6 is 11.3 Å². The summed E-state index contributed by atoms with van der Waals surface area (Å²) >= 11 is 1.64. The van der Waals surface area contributed by atoms with E-state index in [1.54, 1.807) is 53.9 Å². The predicted molar refractivity (Wildman–Crippen MR) is 167 cm³/mol. The van der Waals surface area contributed by atoms with Crippen LogP contribution in [0.25, 0.3) is 10.4 Å². The summed E-state index contributed by atoms with van der Waals surface area (Å²) in [6, 6.07) is 15.0. The topological polar surface area (TPSA) is 77.6 Å². The second-order valence-electron chi connectivity index (χ2n) is 9.99. The van der Waals surface area contributed by atoms with Crippen molar-refractivity contribution in [3.63, 3.8) is 0 Å². The van der Waals surface area contributed by atoms with Gasteiger partial charge in [-0.05, 0) is 66.9 Å². The number of nitrogens with zero attached hydrogens (tertiary/aromatic N) is 3. The number of hydrogen-bond acceptors (Lipinski definition) is 7. The number of likely N-dealkylation sites (N-methyl/N-ethyl adjacent to an activating group) is 1.